The number of aliphatic hydroxyl groups excluding tert-OH is 1. The van der Waals surface area contributed by atoms with Gasteiger partial charge in [0.2, 0.25) is 0 Å². The highest BCUT2D eigenvalue weighted by Crippen LogP contribution is 2.18. The van der Waals surface area contributed by atoms with Gasteiger partial charge in [-0.05, 0) is 18.1 Å². The van der Waals surface area contributed by atoms with E-state index in [2.05, 4.69) is 27.0 Å². The lowest BCUT2D eigenvalue weighted by Gasteiger charge is -2.25. The molecule has 128 valence electrons. The third-order valence-electron chi connectivity index (χ3n) is 4.13. The van der Waals surface area contributed by atoms with Crippen LogP contribution >= 0.6 is 0 Å². The maximum absolute atomic E-state index is 10.7. The minimum Gasteiger partial charge on any atom is -0.387 e. The molecule has 0 fully saturated rings. The Morgan fingerprint density at radius 3 is 2.36 bits per heavy atom. The van der Waals surface area contributed by atoms with Gasteiger partial charge < -0.3 is 5.11 Å². The van der Waals surface area contributed by atoms with E-state index in [9.17, 15) is 5.11 Å². The summed E-state index contributed by atoms with van der Waals surface area (Å²) in [5.41, 5.74) is 4.36. The molecule has 1 atom stereocenters. The summed E-state index contributed by atoms with van der Waals surface area (Å²) in [5.74, 6) is 0. The fourth-order valence-electron chi connectivity index (χ4n) is 2.92. The van der Waals surface area contributed by atoms with Crippen LogP contribution in [0.25, 0.3) is 0 Å². The zero-order valence-corrected chi connectivity index (χ0v) is 14.4. The predicted molar refractivity (Wildman–Crippen MR) is 98.7 cm³/mol. The first-order chi connectivity index (χ1) is 12.2. The summed E-state index contributed by atoms with van der Waals surface area (Å²) in [5, 5.41) is 10.7. The molecule has 0 aliphatic heterocycles. The zero-order valence-electron chi connectivity index (χ0n) is 14.4. The van der Waals surface area contributed by atoms with Crippen LogP contribution in [0.15, 0.2) is 73.3 Å². The van der Waals surface area contributed by atoms with Crippen molar-refractivity contribution in [3.05, 3.63) is 95.6 Å². The summed E-state index contributed by atoms with van der Waals surface area (Å²) in [6.07, 6.45) is 4.65. The molecule has 0 spiro atoms. The molecule has 25 heavy (non-hydrogen) atoms. The Bertz CT molecular complexity index is 736. The van der Waals surface area contributed by atoms with E-state index in [0.717, 1.165) is 23.2 Å². The summed E-state index contributed by atoms with van der Waals surface area (Å²) >= 11 is 0. The third-order valence-corrected chi connectivity index (χ3v) is 4.13. The van der Waals surface area contributed by atoms with Crippen LogP contribution in [0, 0.1) is 6.92 Å². The van der Waals surface area contributed by atoms with E-state index in [1.807, 2.05) is 61.8 Å². The molecule has 1 aromatic heterocycles. The number of aliphatic hydroxyl groups is 1. The van der Waals surface area contributed by atoms with Crippen LogP contribution in [0.2, 0.25) is 0 Å². The SMILES string of the molecule is Cc1cccc(C(O)CN(Cc2ccccc2)Cc2cncnc2)c1. The van der Waals surface area contributed by atoms with Crippen molar-refractivity contribution in [3.63, 3.8) is 0 Å². The molecule has 0 aliphatic carbocycles. The topological polar surface area (TPSA) is 49.2 Å². The molecule has 1 heterocycles. The number of aryl methyl sites for hydroxylation is 1. The molecule has 2 aromatic carbocycles. The largest absolute Gasteiger partial charge is 0.387 e. The van der Waals surface area contributed by atoms with Gasteiger partial charge in [-0.25, -0.2) is 9.97 Å². The second-order valence-corrected chi connectivity index (χ2v) is 6.33. The van der Waals surface area contributed by atoms with Crippen LogP contribution in [-0.2, 0) is 13.1 Å². The lowest BCUT2D eigenvalue weighted by atomic mass is 10.1. The predicted octanol–water partition coefficient (Wildman–Crippen LogP) is 3.52. The van der Waals surface area contributed by atoms with Crippen LogP contribution in [0.1, 0.15) is 28.4 Å². The molecule has 1 unspecified atom stereocenters. The Morgan fingerprint density at radius 1 is 0.920 bits per heavy atom. The summed E-state index contributed by atoms with van der Waals surface area (Å²) < 4.78 is 0. The molecule has 1 N–H and O–H groups in total. The van der Waals surface area contributed by atoms with Gasteiger partial charge in [0, 0.05) is 37.6 Å². The van der Waals surface area contributed by atoms with Crippen molar-refractivity contribution in [2.75, 3.05) is 6.54 Å². The van der Waals surface area contributed by atoms with E-state index in [1.54, 1.807) is 0 Å². The Kier molecular flexibility index (Phi) is 5.88. The Balaban J connectivity index is 1.75. The third kappa shape index (κ3) is 5.21. The monoisotopic (exact) mass is 333 g/mol. The Labute approximate surface area is 148 Å². The van der Waals surface area contributed by atoms with Crippen LogP contribution in [0.4, 0.5) is 0 Å². The Hall–Kier alpha value is -2.56. The van der Waals surface area contributed by atoms with Gasteiger partial charge in [-0.1, -0.05) is 60.2 Å². The van der Waals surface area contributed by atoms with Gasteiger partial charge in [0.1, 0.15) is 6.33 Å². The van der Waals surface area contributed by atoms with E-state index in [-0.39, 0.29) is 0 Å². The average Bonchev–Trinajstić information content (AvgIpc) is 2.63. The molecule has 3 aromatic rings. The van der Waals surface area contributed by atoms with Crippen LogP contribution in [0.3, 0.4) is 0 Å². The second kappa shape index (κ2) is 8.51. The summed E-state index contributed by atoms with van der Waals surface area (Å²) in [4.78, 5) is 10.4. The minimum atomic E-state index is -0.534. The van der Waals surface area contributed by atoms with Gasteiger partial charge in [0.25, 0.3) is 0 Å². The number of aromatic nitrogens is 2. The number of hydrogen-bond donors (Lipinski definition) is 1. The van der Waals surface area contributed by atoms with Crippen molar-refractivity contribution in [1.82, 2.24) is 14.9 Å². The van der Waals surface area contributed by atoms with Gasteiger partial charge in [-0.3, -0.25) is 4.90 Å². The minimum absolute atomic E-state index is 0.534. The van der Waals surface area contributed by atoms with Crippen molar-refractivity contribution in [2.24, 2.45) is 0 Å². The molecular weight excluding hydrogens is 310 g/mol. The highest BCUT2D eigenvalue weighted by Gasteiger charge is 2.15. The smallest absolute Gasteiger partial charge is 0.115 e. The van der Waals surface area contributed by atoms with Crippen molar-refractivity contribution in [1.29, 1.82) is 0 Å². The normalized spacial score (nSPS) is 12.3. The van der Waals surface area contributed by atoms with Crippen LogP contribution in [0.5, 0.6) is 0 Å². The highest BCUT2D eigenvalue weighted by atomic mass is 16.3. The lowest BCUT2D eigenvalue weighted by molar-refractivity contribution is 0.105. The quantitative estimate of drug-likeness (QED) is 0.719. The molecule has 4 heteroatoms. The van der Waals surface area contributed by atoms with E-state index in [1.165, 1.54) is 11.9 Å². The molecule has 4 nitrogen and oxygen atoms in total. The molecule has 0 aliphatic rings. The van der Waals surface area contributed by atoms with Crippen molar-refractivity contribution in [3.8, 4) is 0 Å². The molecule has 0 saturated heterocycles. The molecular formula is C21H23N3O. The number of rotatable bonds is 7. The average molecular weight is 333 g/mol. The molecule has 0 bridgehead atoms. The zero-order chi connectivity index (χ0) is 17.5. The number of benzene rings is 2. The van der Waals surface area contributed by atoms with Crippen LogP contribution < -0.4 is 0 Å². The van der Waals surface area contributed by atoms with Gasteiger partial charge >= 0.3 is 0 Å². The maximum atomic E-state index is 10.7. The first kappa shape index (κ1) is 17.3. The van der Waals surface area contributed by atoms with Crippen molar-refractivity contribution < 1.29 is 5.11 Å². The fraction of sp³-hybridized carbons (Fsp3) is 0.238. The number of hydrogen-bond acceptors (Lipinski definition) is 4. The van der Waals surface area contributed by atoms with E-state index >= 15 is 0 Å². The molecule has 0 saturated carbocycles. The van der Waals surface area contributed by atoms with Gasteiger partial charge in [0.15, 0.2) is 0 Å². The first-order valence-electron chi connectivity index (χ1n) is 8.45. The maximum Gasteiger partial charge on any atom is 0.115 e. The summed E-state index contributed by atoms with van der Waals surface area (Å²) in [6.45, 7) is 4.05. The molecule has 3 rings (SSSR count). The summed E-state index contributed by atoms with van der Waals surface area (Å²) in [6, 6.07) is 18.3. The number of nitrogens with zero attached hydrogens (tertiary/aromatic N) is 3. The van der Waals surface area contributed by atoms with Crippen molar-refractivity contribution in [2.45, 2.75) is 26.1 Å². The summed E-state index contributed by atoms with van der Waals surface area (Å²) in [7, 11) is 0. The first-order valence-corrected chi connectivity index (χ1v) is 8.45. The Morgan fingerprint density at radius 2 is 1.64 bits per heavy atom. The van der Waals surface area contributed by atoms with E-state index in [0.29, 0.717) is 13.1 Å². The van der Waals surface area contributed by atoms with E-state index in [4.69, 9.17) is 0 Å². The van der Waals surface area contributed by atoms with Crippen LogP contribution in [-0.4, -0.2) is 26.5 Å². The van der Waals surface area contributed by atoms with Gasteiger partial charge in [0.05, 0.1) is 6.10 Å². The van der Waals surface area contributed by atoms with Crippen molar-refractivity contribution >= 4 is 0 Å². The second-order valence-electron chi connectivity index (χ2n) is 6.33. The highest BCUT2D eigenvalue weighted by molar-refractivity contribution is 5.24. The van der Waals surface area contributed by atoms with E-state index < -0.39 is 6.10 Å². The standard InChI is InChI=1S/C21H23N3O/c1-17-6-5-9-20(10-17)21(25)15-24(13-18-7-3-2-4-8-18)14-19-11-22-16-23-12-19/h2-12,16,21,25H,13-15H2,1H3. The fourth-order valence-corrected chi connectivity index (χ4v) is 2.92. The lowest BCUT2D eigenvalue weighted by Crippen LogP contribution is -2.28. The molecule has 0 radical (unpaired) electrons. The van der Waals surface area contributed by atoms with Gasteiger partial charge in [-0.2, -0.15) is 0 Å². The van der Waals surface area contributed by atoms with Gasteiger partial charge in [-0.15, -0.1) is 0 Å². The molecule has 0 amide bonds.